The molecular formula is C9H12N2OS. The van der Waals surface area contributed by atoms with Crippen molar-refractivity contribution in [1.82, 2.24) is 9.59 Å². The van der Waals surface area contributed by atoms with Gasteiger partial charge in [0.25, 0.3) is 0 Å². The maximum atomic E-state index is 11.5. The van der Waals surface area contributed by atoms with Gasteiger partial charge in [-0.2, -0.15) is 0 Å². The Bertz CT molecular complexity index is 306. The quantitative estimate of drug-likeness (QED) is 0.536. The molecule has 0 bridgehead atoms. The lowest BCUT2D eigenvalue weighted by atomic mass is 10.1. The zero-order chi connectivity index (χ0) is 9.68. The molecule has 0 aromatic carbocycles. The summed E-state index contributed by atoms with van der Waals surface area (Å²) in [5.74, 6) is 0.131. The fourth-order valence-corrected chi connectivity index (χ4v) is 1.71. The van der Waals surface area contributed by atoms with Gasteiger partial charge in [0.1, 0.15) is 4.88 Å². The lowest BCUT2D eigenvalue weighted by Gasteiger charge is -1.95. The predicted molar refractivity (Wildman–Crippen MR) is 53.0 cm³/mol. The summed E-state index contributed by atoms with van der Waals surface area (Å²) in [5, 5.41) is 3.89. The molecule has 1 aromatic rings. The summed E-state index contributed by atoms with van der Waals surface area (Å²) < 4.78 is 3.77. The van der Waals surface area contributed by atoms with E-state index in [4.69, 9.17) is 0 Å². The number of carbonyl (C=O) groups is 1. The molecular weight excluding hydrogens is 184 g/mol. The Morgan fingerprint density at radius 3 is 3.08 bits per heavy atom. The van der Waals surface area contributed by atoms with Crippen molar-refractivity contribution in [1.29, 1.82) is 0 Å². The second-order valence-corrected chi connectivity index (χ2v) is 3.41. The lowest BCUT2D eigenvalue weighted by Crippen LogP contribution is -1.99. The summed E-state index contributed by atoms with van der Waals surface area (Å²) in [5.41, 5.74) is 0.819. The van der Waals surface area contributed by atoms with Crippen LogP contribution in [0.1, 0.15) is 35.1 Å². The van der Waals surface area contributed by atoms with E-state index in [1.807, 2.05) is 6.92 Å². The number of allylic oxidation sites excluding steroid dienone is 1. The number of aromatic nitrogens is 2. The van der Waals surface area contributed by atoms with Crippen LogP contribution in [0.4, 0.5) is 0 Å². The topological polar surface area (TPSA) is 42.9 Å². The SMILES string of the molecule is C=CCCC(=O)c1snnc1CC. The smallest absolute Gasteiger partial charge is 0.176 e. The molecule has 0 amide bonds. The van der Waals surface area contributed by atoms with Gasteiger partial charge in [-0.1, -0.05) is 17.5 Å². The molecule has 0 saturated carbocycles. The van der Waals surface area contributed by atoms with Crippen LogP contribution in [0, 0.1) is 0 Å². The molecule has 0 N–H and O–H groups in total. The van der Waals surface area contributed by atoms with E-state index in [0.29, 0.717) is 11.3 Å². The van der Waals surface area contributed by atoms with Gasteiger partial charge in [0.05, 0.1) is 5.69 Å². The third-order valence-electron chi connectivity index (χ3n) is 1.72. The van der Waals surface area contributed by atoms with Crippen molar-refractivity contribution in [2.75, 3.05) is 0 Å². The fourth-order valence-electron chi connectivity index (χ4n) is 0.998. The van der Waals surface area contributed by atoms with E-state index >= 15 is 0 Å². The van der Waals surface area contributed by atoms with Gasteiger partial charge in [-0.15, -0.1) is 11.7 Å². The van der Waals surface area contributed by atoms with Crippen molar-refractivity contribution in [2.24, 2.45) is 0 Å². The number of carbonyl (C=O) groups excluding carboxylic acids is 1. The number of rotatable bonds is 5. The van der Waals surface area contributed by atoms with Gasteiger partial charge in [0.2, 0.25) is 0 Å². The van der Waals surface area contributed by atoms with E-state index in [9.17, 15) is 4.79 Å². The number of nitrogens with zero attached hydrogens (tertiary/aromatic N) is 2. The highest BCUT2D eigenvalue weighted by atomic mass is 32.1. The molecule has 0 spiro atoms. The van der Waals surface area contributed by atoms with E-state index in [0.717, 1.165) is 18.5 Å². The zero-order valence-corrected chi connectivity index (χ0v) is 8.43. The summed E-state index contributed by atoms with van der Waals surface area (Å²) >= 11 is 1.19. The monoisotopic (exact) mass is 196 g/mol. The molecule has 1 aromatic heterocycles. The number of ketones is 1. The fraction of sp³-hybridized carbons (Fsp3) is 0.444. The summed E-state index contributed by atoms with van der Waals surface area (Å²) in [7, 11) is 0. The second-order valence-electron chi connectivity index (χ2n) is 2.65. The maximum absolute atomic E-state index is 11.5. The predicted octanol–water partition coefficient (Wildman–Crippen LogP) is 2.25. The van der Waals surface area contributed by atoms with Crippen LogP contribution in [0.2, 0.25) is 0 Å². The van der Waals surface area contributed by atoms with Gasteiger partial charge in [-0.3, -0.25) is 4.79 Å². The van der Waals surface area contributed by atoms with Crippen LogP contribution in [0.5, 0.6) is 0 Å². The molecule has 0 fully saturated rings. The first-order valence-corrected chi connectivity index (χ1v) is 5.02. The first kappa shape index (κ1) is 10.1. The molecule has 3 nitrogen and oxygen atoms in total. The Balaban J connectivity index is 2.70. The van der Waals surface area contributed by atoms with Crippen LogP contribution in [0.15, 0.2) is 12.7 Å². The van der Waals surface area contributed by atoms with Crippen LogP contribution in [-0.4, -0.2) is 15.4 Å². The first-order valence-electron chi connectivity index (χ1n) is 4.25. The average molecular weight is 196 g/mol. The Morgan fingerprint density at radius 2 is 2.46 bits per heavy atom. The molecule has 0 radical (unpaired) electrons. The second kappa shape index (κ2) is 4.87. The van der Waals surface area contributed by atoms with Gasteiger partial charge < -0.3 is 0 Å². The van der Waals surface area contributed by atoms with Crippen molar-refractivity contribution >= 4 is 17.3 Å². The molecule has 1 rings (SSSR count). The molecule has 0 saturated heterocycles. The van der Waals surface area contributed by atoms with E-state index < -0.39 is 0 Å². The summed E-state index contributed by atoms with van der Waals surface area (Å²) in [6.45, 7) is 5.55. The number of hydrogen-bond donors (Lipinski definition) is 0. The van der Waals surface area contributed by atoms with Gasteiger partial charge >= 0.3 is 0 Å². The van der Waals surface area contributed by atoms with Crippen LogP contribution in [0.25, 0.3) is 0 Å². The zero-order valence-electron chi connectivity index (χ0n) is 7.62. The lowest BCUT2D eigenvalue weighted by molar-refractivity contribution is 0.0986. The molecule has 0 aliphatic rings. The highest BCUT2D eigenvalue weighted by molar-refractivity contribution is 7.08. The van der Waals surface area contributed by atoms with Gasteiger partial charge in [-0.25, -0.2) is 0 Å². The summed E-state index contributed by atoms with van der Waals surface area (Å²) in [4.78, 5) is 12.2. The Labute approximate surface area is 81.6 Å². The maximum Gasteiger partial charge on any atom is 0.176 e. The van der Waals surface area contributed by atoms with E-state index in [1.165, 1.54) is 11.5 Å². The molecule has 70 valence electrons. The van der Waals surface area contributed by atoms with Crippen molar-refractivity contribution in [3.8, 4) is 0 Å². The number of Topliss-reactive ketones (excluding diaryl/α,β-unsaturated/α-hetero) is 1. The minimum absolute atomic E-state index is 0.131. The largest absolute Gasteiger partial charge is 0.293 e. The summed E-state index contributed by atoms with van der Waals surface area (Å²) in [6, 6.07) is 0. The highest BCUT2D eigenvalue weighted by Gasteiger charge is 2.13. The molecule has 0 aliphatic carbocycles. The average Bonchev–Trinajstić information content (AvgIpc) is 2.61. The van der Waals surface area contributed by atoms with E-state index in [2.05, 4.69) is 16.2 Å². The molecule has 0 unspecified atom stereocenters. The Kier molecular flexibility index (Phi) is 3.76. The van der Waals surface area contributed by atoms with Crippen molar-refractivity contribution < 1.29 is 4.79 Å². The van der Waals surface area contributed by atoms with E-state index in [1.54, 1.807) is 6.08 Å². The minimum Gasteiger partial charge on any atom is -0.293 e. The highest BCUT2D eigenvalue weighted by Crippen LogP contribution is 2.14. The number of hydrogen-bond acceptors (Lipinski definition) is 4. The van der Waals surface area contributed by atoms with Crippen molar-refractivity contribution in [3.63, 3.8) is 0 Å². The van der Waals surface area contributed by atoms with Gasteiger partial charge in [0.15, 0.2) is 5.78 Å². The van der Waals surface area contributed by atoms with Crippen LogP contribution in [0.3, 0.4) is 0 Å². The Hall–Kier alpha value is -1.03. The Morgan fingerprint density at radius 1 is 1.69 bits per heavy atom. The molecule has 1 heterocycles. The van der Waals surface area contributed by atoms with Gasteiger partial charge in [0, 0.05) is 6.42 Å². The van der Waals surface area contributed by atoms with E-state index in [-0.39, 0.29) is 5.78 Å². The number of aryl methyl sites for hydroxylation is 1. The van der Waals surface area contributed by atoms with Crippen molar-refractivity contribution in [2.45, 2.75) is 26.2 Å². The molecule has 0 atom stereocenters. The normalized spacial score (nSPS) is 9.92. The first-order chi connectivity index (χ1) is 6.29. The summed E-state index contributed by atoms with van der Waals surface area (Å²) in [6.07, 6.45) is 3.75. The third kappa shape index (κ3) is 2.45. The standard InChI is InChI=1S/C9H12N2OS/c1-3-5-6-8(12)9-7(4-2)10-11-13-9/h3H,1,4-6H2,2H3. The van der Waals surface area contributed by atoms with Gasteiger partial charge in [-0.05, 0) is 24.4 Å². The molecule has 4 heteroatoms. The van der Waals surface area contributed by atoms with Crippen LogP contribution < -0.4 is 0 Å². The molecule has 13 heavy (non-hydrogen) atoms. The third-order valence-corrected chi connectivity index (χ3v) is 2.53. The van der Waals surface area contributed by atoms with Crippen LogP contribution >= 0.6 is 11.5 Å². The molecule has 0 aliphatic heterocycles. The minimum atomic E-state index is 0.131. The van der Waals surface area contributed by atoms with Crippen molar-refractivity contribution in [3.05, 3.63) is 23.2 Å². The van der Waals surface area contributed by atoms with Crippen LogP contribution in [-0.2, 0) is 6.42 Å².